The molecule has 0 bridgehead atoms. The Morgan fingerprint density at radius 3 is 2.30 bits per heavy atom. The molecule has 1 aliphatic heterocycles. The van der Waals surface area contributed by atoms with E-state index in [1.807, 2.05) is 0 Å². The van der Waals surface area contributed by atoms with Gasteiger partial charge in [0.05, 0.1) is 6.54 Å². The van der Waals surface area contributed by atoms with Crippen molar-refractivity contribution in [2.75, 3.05) is 12.8 Å². The summed E-state index contributed by atoms with van der Waals surface area (Å²) in [4.78, 5) is 10.4. The summed E-state index contributed by atoms with van der Waals surface area (Å²) in [6, 6.07) is 0. The van der Waals surface area contributed by atoms with Gasteiger partial charge in [0.1, 0.15) is 0 Å². The summed E-state index contributed by atoms with van der Waals surface area (Å²) < 4.78 is 21.3. The van der Waals surface area contributed by atoms with Gasteiger partial charge in [-0.1, -0.05) is 0 Å². The zero-order valence-corrected chi connectivity index (χ0v) is 6.16. The molecule has 1 radical (unpaired) electrons. The molecular formula is C4H7N2O3S. The van der Waals surface area contributed by atoms with Crippen LogP contribution in [0.3, 0.4) is 0 Å². The van der Waals surface area contributed by atoms with Crippen LogP contribution >= 0.6 is 0 Å². The van der Waals surface area contributed by atoms with Gasteiger partial charge in [0.2, 0.25) is 11.4 Å². The van der Waals surface area contributed by atoms with Crippen molar-refractivity contribution in [3.63, 3.8) is 0 Å². The van der Waals surface area contributed by atoms with Crippen molar-refractivity contribution in [2.24, 2.45) is 0 Å². The van der Waals surface area contributed by atoms with Crippen LogP contribution in [0.1, 0.15) is 0 Å². The van der Waals surface area contributed by atoms with Gasteiger partial charge in [-0.25, -0.2) is 8.42 Å². The van der Waals surface area contributed by atoms with E-state index in [4.69, 9.17) is 0 Å². The molecule has 0 aliphatic carbocycles. The van der Waals surface area contributed by atoms with Crippen LogP contribution in [0, 0.1) is 5.50 Å². The summed E-state index contributed by atoms with van der Waals surface area (Å²) in [7, 11) is -3.26. The highest BCUT2D eigenvalue weighted by atomic mass is 32.2. The zero-order chi connectivity index (χ0) is 7.78. The van der Waals surface area contributed by atoms with E-state index in [1.165, 1.54) is 0 Å². The number of nitrogens with one attached hydrogen (secondary N) is 2. The highest BCUT2D eigenvalue weighted by molar-refractivity contribution is 7.93. The molecule has 6 heteroatoms. The SMILES string of the molecule is CS(=O)(=O)[C]1NCC(=O)N1. The molecule has 0 unspecified atom stereocenters. The smallest absolute Gasteiger partial charge is 0.248 e. The molecule has 57 valence electrons. The first kappa shape index (κ1) is 7.49. The molecule has 0 atom stereocenters. The van der Waals surface area contributed by atoms with Crippen molar-refractivity contribution >= 4 is 15.7 Å². The molecule has 0 aromatic heterocycles. The van der Waals surface area contributed by atoms with Gasteiger partial charge in [-0.3, -0.25) is 10.1 Å². The predicted molar refractivity (Wildman–Crippen MR) is 34.2 cm³/mol. The maximum absolute atomic E-state index is 10.7. The molecule has 10 heavy (non-hydrogen) atoms. The Morgan fingerprint density at radius 2 is 2.10 bits per heavy atom. The number of sulfone groups is 1. The van der Waals surface area contributed by atoms with Crippen LogP contribution in [-0.2, 0) is 14.6 Å². The highest BCUT2D eigenvalue weighted by Crippen LogP contribution is 2.03. The first-order valence-corrected chi connectivity index (χ1v) is 4.50. The molecule has 1 amide bonds. The number of rotatable bonds is 1. The third kappa shape index (κ3) is 1.45. The second-order valence-corrected chi connectivity index (χ2v) is 3.96. The van der Waals surface area contributed by atoms with Gasteiger partial charge in [-0.05, 0) is 0 Å². The quantitative estimate of drug-likeness (QED) is 0.478. The number of hydrogen-bond donors (Lipinski definition) is 2. The fourth-order valence-corrected chi connectivity index (χ4v) is 1.23. The standard InChI is InChI=1S/C4H7N2O3S/c1-10(8,9)4-5-2-3(7)6-4/h5H,2H2,1H3,(H,6,7). The average molecular weight is 163 g/mol. The minimum Gasteiger partial charge on any atom is -0.320 e. The minimum absolute atomic E-state index is 0.0441. The van der Waals surface area contributed by atoms with E-state index in [2.05, 4.69) is 10.6 Å². The molecule has 1 aliphatic rings. The van der Waals surface area contributed by atoms with E-state index < -0.39 is 9.84 Å². The van der Waals surface area contributed by atoms with Crippen molar-refractivity contribution in [2.45, 2.75) is 0 Å². The summed E-state index contributed by atoms with van der Waals surface area (Å²) in [6.07, 6.45) is 1.03. The highest BCUT2D eigenvalue weighted by Gasteiger charge is 2.29. The Labute approximate surface area is 58.7 Å². The van der Waals surface area contributed by atoms with E-state index in [9.17, 15) is 13.2 Å². The predicted octanol–water partition coefficient (Wildman–Crippen LogP) is -1.80. The lowest BCUT2D eigenvalue weighted by molar-refractivity contribution is -0.117. The van der Waals surface area contributed by atoms with Crippen LogP contribution in [0.5, 0.6) is 0 Å². The second-order valence-electron chi connectivity index (χ2n) is 2.00. The van der Waals surface area contributed by atoms with Crippen molar-refractivity contribution in [3.8, 4) is 0 Å². The number of carbonyl (C=O) groups excluding carboxylic acids is 1. The van der Waals surface area contributed by atoms with Crippen LogP contribution in [0.15, 0.2) is 0 Å². The third-order valence-corrected chi connectivity index (χ3v) is 2.02. The van der Waals surface area contributed by atoms with Crippen LogP contribution < -0.4 is 10.6 Å². The molecule has 0 aromatic rings. The van der Waals surface area contributed by atoms with E-state index in [0.29, 0.717) is 0 Å². The molecule has 1 saturated heterocycles. The Balaban J connectivity index is 2.71. The summed E-state index contributed by atoms with van der Waals surface area (Å²) in [5.74, 6) is -0.319. The maximum atomic E-state index is 10.7. The monoisotopic (exact) mass is 163 g/mol. The molecule has 2 N–H and O–H groups in total. The van der Waals surface area contributed by atoms with E-state index >= 15 is 0 Å². The largest absolute Gasteiger partial charge is 0.320 e. The molecule has 0 saturated carbocycles. The Morgan fingerprint density at radius 1 is 1.50 bits per heavy atom. The first-order valence-electron chi connectivity index (χ1n) is 2.61. The fourth-order valence-electron chi connectivity index (χ4n) is 0.599. The van der Waals surface area contributed by atoms with Gasteiger partial charge >= 0.3 is 0 Å². The van der Waals surface area contributed by atoms with Crippen LogP contribution in [0.4, 0.5) is 0 Å². The molecule has 1 heterocycles. The van der Waals surface area contributed by atoms with Crippen LogP contribution in [0.25, 0.3) is 0 Å². The third-order valence-electron chi connectivity index (χ3n) is 1.03. The molecule has 0 aromatic carbocycles. The van der Waals surface area contributed by atoms with Gasteiger partial charge in [-0.15, -0.1) is 0 Å². The van der Waals surface area contributed by atoms with Crippen molar-refractivity contribution in [3.05, 3.63) is 5.50 Å². The lowest BCUT2D eigenvalue weighted by Gasteiger charge is -2.03. The summed E-state index contributed by atoms with van der Waals surface area (Å²) in [5.41, 5.74) is -0.0995. The molecule has 1 fully saturated rings. The Hall–Kier alpha value is -0.620. The van der Waals surface area contributed by atoms with E-state index in [-0.39, 0.29) is 17.9 Å². The number of carbonyl (C=O) groups is 1. The number of amides is 1. The van der Waals surface area contributed by atoms with Crippen molar-refractivity contribution in [1.29, 1.82) is 0 Å². The van der Waals surface area contributed by atoms with Gasteiger partial charge in [0, 0.05) is 6.26 Å². The average Bonchev–Trinajstić information content (AvgIpc) is 2.11. The molecular weight excluding hydrogens is 156 g/mol. The lowest BCUT2D eigenvalue weighted by atomic mass is 10.7. The van der Waals surface area contributed by atoms with Crippen LogP contribution in [-0.4, -0.2) is 27.1 Å². The topological polar surface area (TPSA) is 75.3 Å². The van der Waals surface area contributed by atoms with Crippen LogP contribution in [0.2, 0.25) is 0 Å². The van der Waals surface area contributed by atoms with E-state index in [1.54, 1.807) is 0 Å². The van der Waals surface area contributed by atoms with Gasteiger partial charge in [-0.2, -0.15) is 0 Å². The number of hydrogen-bond acceptors (Lipinski definition) is 4. The lowest BCUT2D eigenvalue weighted by Crippen LogP contribution is -2.30. The summed E-state index contributed by atoms with van der Waals surface area (Å²) >= 11 is 0. The molecule has 0 spiro atoms. The first-order chi connectivity index (χ1) is 4.50. The van der Waals surface area contributed by atoms with E-state index in [0.717, 1.165) is 6.26 Å². The van der Waals surface area contributed by atoms with Gasteiger partial charge in [0.25, 0.3) is 0 Å². The normalized spacial score (nSPS) is 21.1. The zero-order valence-electron chi connectivity index (χ0n) is 5.34. The second kappa shape index (κ2) is 2.21. The minimum atomic E-state index is -3.26. The van der Waals surface area contributed by atoms with Gasteiger partial charge < -0.3 is 5.32 Å². The fraction of sp³-hybridized carbons (Fsp3) is 0.500. The maximum Gasteiger partial charge on any atom is 0.248 e. The van der Waals surface area contributed by atoms with Crippen molar-refractivity contribution < 1.29 is 13.2 Å². The summed E-state index contributed by atoms with van der Waals surface area (Å²) in [5, 5.41) is 4.59. The van der Waals surface area contributed by atoms with Gasteiger partial charge in [0.15, 0.2) is 9.84 Å². The van der Waals surface area contributed by atoms with Crippen molar-refractivity contribution in [1.82, 2.24) is 10.6 Å². The summed E-state index contributed by atoms with van der Waals surface area (Å²) in [6.45, 7) is 0.0441. The Kier molecular flexibility index (Phi) is 1.65. The molecule has 1 rings (SSSR count). The Bertz CT molecular complexity index is 245. The molecule has 5 nitrogen and oxygen atoms in total.